The molecule has 2 heterocycles. The molecule has 22 heavy (non-hydrogen) atoms. The van der Waals surface area contributed by atoms with Crippen LogP contribution < -0.4 is 20.3 Å². The molecule has 0 spiro atoms. The van der Waals surface area contributed by atoms with E-state index in [0.29, 0.717) is 22.9 Å². The van der Waals surface area contributed by atoms with Crippen molar-refractivity contribution in [1.82, 2.24) is 15.3 Å². The highest BCUT2D eigenvalue weighted by atomic mass is 32.1. The molecular weight excluding hydrogens is 298 g/mol. The van der Waals surface area contributed by atoms with Crippen molar-refractivity contribution in [3.8, 4) is 5.88 Å². The molecule has 2 N–H and O–H groups in total. The van der Waals surface area contributed by atoms with Crippen molar-refractivity contribution in [3.63, 3.8) is 0 Å². The smallest absolute Gasteiger partial charge is 0.234 e. The van der Waals surface area contributed by atoms with E-state index in [1.54, 1.807) is 7.11 Å². The van der Waals surface area contributed by atoms with Crippen LogP contribution in [-0.2, 0) is 0 Å². The zero-order valence-corrected chi connectivity index (χ0v) is 14.5. The van der Waals surface area contributed by atoms with E-state index in [1.165, 1.54) is 12.8 Å². The zero-order valence-electron chi connectivity index (χ0n) is 13.7. The Labute approximate surface area is 137 Å². The first kappa shape index (κ1) is 16.7. The van der Waals surface area contributed by atoms with Gasteiger partial charge in [-0.2, -0.15) is 9.97 Å². The van der Waals surface area contributed by atoms with Crippen LogP contribution >= 0.6 is 12.2 Å². The Morgan fingerprint density at radius 1 is 1.45 bits per heavy atom. The highest BCUT2D eigenvalue weighted by Gasteiger charge is 2.19. The number of anilines is 2. The summed E-state index contributed by atoms with van der Waals surface area (Å²) < 4.78 is 5.29. The molecule has 122 valence electrons. The van der Waals surface area contributed by atoms with Gasteiger partial charge in [0.1, 0.15) is 5.82 Å². The fourth-order valence-corrected chi connectivity index (χ4v) is 2.86. The van der Waals surface area contributed by atoms with Crippen molar-refractivity contribution in [2.24, 2.45) is 5.92 Å². The number of hydrogen-bond donors (Lipinski definition) is 2. The molecule has 1 aliphatic heterocycles. The number of hydrogen-bond acceptors (Lipinski definition) is 5. The van der Waals surface area contributed by atoms with Gasteiger partial charge >= 0.3 is 0 Å². The van der Waals surface area contributed by atoms with E-state index in [2.05, 4.69) is 32.4 Å². The molecular formula is C15H25N5OS. The van der Waals surface area contributed by atoms with Gasteiger partial charge in [0.25, 0.3) is 0 Å². The Kier molecular flexibility index (Phi) is 5.76. The molecule has 7 heteroatoms. The summed E-state index contributed by atoms with van der Waals surface area (Å²) in [6, 6.07) is 2.13. The fourth-order valence-electron chi connectivity index (χ4n) is 2.53. The molecule has 1 unspecified atom stereocenters. The Hall–Kier alpha value is -1.63. The second-order valence-electron chi connectivity index (χ2n) is 6.04. The van der Waals surface area contributed by atoms with Crippen molar-refractivity contribution in [3.05, 3.63) is 6.07 Å². The monoisotopic (exact) mass is 323 g/mol. The molecule has 1 aliphatic rings. The third-order valence-corrected chi connectivity index (χ3v) is 3.74. The van der Waals surface area contributed by atoms with Crippen LogP contribution in [0.25, 0.3) is 0 Å². The summed E-state index contributed by atoms with van der Waals surface area (Å²) in [5, 5.41) is 6.67. The molecule has 0 saturated carbocycles. The van der Waals surface area contributed by atoms with Crippen molar-refractivity contribution in [2.75, 3.05) is 30.4 Å². The normalized spacial score (nSPS) is 18.2. The van der Waals surface area contributed by atoms with Crippen LogP contribution in [0.5, 0.6) is 5.88 Å². The Morgan fingerprint density at radius 3 is 2.86 bits per heavy atom. The first-order chi connectivity index (χ1) is 10.5. The maximum atomic E-state index is 5.29. The number of aromatic nitrogens is 2. The SMILES string of the molecule is COc1cc(N2CCCC(C)C2)nc(NC(=S)NC(C)C)n1. The van der Waals surface area contributed by atoms with Gasteiger partial charge in [0.05, 0.1) is 7.11 Å². The van der Waals surface area contributed by atoms with Crippen LogP contribution in [0.15, 0.2) is 6.07 Å². The lowest BCUT2D eigenvalue weighted by Crippen LogP contribution is -2.36. The van der Waals surface area contributed by atoms with Crippen molar-refractivity contribution in [1.29, 1.82) is 0 Å². The third kappa shape index (κ3) is 4.69. The largest absolute Gasteiger partial charge is 0.481 e. The Bertz CT molecular complexity index is 523. The molecule has 1 atom stereocenters. The van der Waals surface area contributed by atoms with Gasteiger partial charge in [0, 0.05) is 25.2 Å². The predicted molar refractivity (Wildman–Crippen MR) is 93.7 cm³/mol. The van der Waals surface area contributed by atoms with E-state index in [1.807, 2.05) is 19.9 Å². The number of piperidine rings is 1. The predicted octanol–water partition coefficient (Wildman–Crippen LogP) is 2.42. The number of nitrogens with one attached hydrogen (secondary N) is 2. The molecule has 6 nitrogen and oxygen atoms in total. The molecule has 1 aromatic heterocycles. The molecule has 1 saturated heterocycles. The molecule has 0 aliphatic carbocycles. The lowest BCUT2D eigenvalue weighted by Gasteiger charge is -2.32. The van der Waals surface area contributed by atoms with Crippen LogP contribution in [0.4, 0.5) is 11.8 Å². The lowest BCUT2D eigenvalue weighted by molar-refractivity contribution is 0.396. The minimum absolute atomic E-state index is 0.257. The van der Waals surface area contributed by atoms with Crippen molar-refractivity contribution >= 4 is 29.1 Å². The average molecular weight is 323 g/mol. The number of ether oxygens (including phenoxy) is 1. The summed E-state index contributed by atoms with van der Waals surface area (Å²) in [4.78, 5) is 11.2. The highest BCUT2D eigenvalue weighted by Crippen LogP contribution is 2.24. The molecule has 1 fully saturated rings. The molecule has 1 aromatic rings. The van der Waals surface area contributed by atoms with Gasteiger partial charge in [-0.05, 0) is 44.8 Å². The second-order valence-corrected chi connectivity index (χ2v) is 6.45. The van der Waals surface area contributed by atoms with Gasteiger partial charge in [-0.3, -0.25) is 0 Å². The molecule has 0 aromatic carbocycles. The fraction of sp³-hybridized carbons (Fsp3) is 0.667. The molecule has 0 amide bonds. The first-order valence-corrected chi connectivity index (χ1v) is 8.14. The number of thiocarbonyl (C=S) groups is 1. The van der Waals surface area contributed by atoms with Crippen molar-refractivity contribution in [2.45, 2.75) is 39.7 Å². The summed E-state index contributed by atoms with van der Waals surface area (Å²) in [6.07, 6.45) is 2.45. The maximum absolute atomic E-state index is 5.29. The van der Waals surface area contributed by atoms with Gasteiger partial charge in [-0.25, -0.2) is 0 Å². The number of methoxy groups -OCH3 is 1. The second kappa shape index (κ2) is 7.58. The number of rotatable bonds is 4. The Balaban J connectivity index is 2.16. The van der Waals surface area contributed by atoms with Crippen LogP contribution in [0.2, 0.25) is 0 Å². The summed E-state index contributed by atoms with van der Waals surface area (Å²) >= 11 is 5.25. The minimum Gasteiger partial charge on any atom is -0.481 e. The van der Waals surface area contributed by atoms with Gasteiger partial charge < -0.3 is 20.3 Å². The van der Waals surface area contributed by atoms with E-state index < -0.39 is 0 Å². The van der Waals surface area contributed by atoms with Gasteiger partial charge in [0.15, 0.2) is 5.11 Å². The summed E-state index contributed by atoms with van der Waals surface area (Å²) in [7, 11) is 1.61. The maximum Gasteiger partial charge on any atom is 0.234 e. The van der Waals surface area contributed by atoms with Gasteiger partial charge in [-0.15, -0.1) is 0 Å². The third-order valence-electron chi connectivity index (χ3n) is 3.52. The van der Waals surface area contributed by atoms with E-state index in [9.17, 15) is 0 Å². The van der Waals surface area contributed by atoms with E-state index >= 15 is 0 Å². The molecule has 0 bridgehead atoms. The summed E-state index contributed by atoms with van der Waals surface area (Å²) in [5.74, 6) is 2.56. The van der Waals surface area contributed by atoms with Crippen LogP contribution in [0.3, 0.4) is 0 Å². The number of nitrogens with zero attached hydrogens (tertiary/aromatic N) is 3. The quantitative estimate of drug-likeness (QED) is 0.825. The molecule has 2 rings (SSSR count). The first-order valence-electron chi connectivity index (χ1n) is 7.73. The summed E-state index contributed by atoms with van der Waals surface area (Å²) in [6.45, 7) is 8.35. The van der Waals surface area contributed by atoms with E-state index in [0.717, 1.165) is 18.9 Å². The van der Waals surface area contributed by atoms with Crippen LogP contribution in [0.1, 0.15) is 33.6 Å². The summed E-state index contributed by atoms with van der Waals surface area (Å²) in [5.41, 5.74) is 0. The van der Waals surface area contributed by atoms with Crippen molar-refractivity contribution < 1.29 is 4.74 Å². The topological polar surface area (TPSA) is 62.3 Å². The van der Waals surface area contributed by atoms with E-state index in [4.69, 9.17) is 17.0 Å². The zero-order chi connectivity index (χ0) is 16.1. The van der Waals surface area contributed by atoms with Crippen LogP contribution in [-0.4, -0.2) is 41.3 Å². The highest BCUT2D eigenvalue weighted by molar-refractivity contribution is 7.80. The van der Waals surface area contributed by atoms with E-state index in [-0.39, 0.29) is 6.04 Å². The van der Waals surface area contributed by atoms with Crippen LogP contribution in [0, 0.1) is 5.92 Å². The lowest BCUT2D eigenvalue weighted by atomic mass is 10.0. The minimum atomic E-state index is 0.257. The van der Waals surface area contributed by atoms with Gasteiger partial charge in [-0.1, -0.05) is 6.92 Å². The van der Waals surface area contributed by atoms with Gasteiger partial charge in [0.2, 0.25) is 11.8 Å². The Morgan fingerprint density at radius 2 is 2.23 bits per heavy atom. The average Bonchev–Trinajstić information content (AvgIpc) is 2.45. The standard InChI is InChI=1S/C15H25N5OS/c1-10(2)16-15(22)19-14-17-12(8-13(18-14)21-4)20-7-5-6-11(3)9-20/h8,10-11H,5-7,9H2,1-4H3,(H2,16,17,18,19,22). The molecule has 0 radical (unpaired) electrons.